The fourth-order valence-electron chi connectivity index (χ4n) is 3.70. The fourth-order valence-corrected chi connectivity index (χ4v) is 3.70. The molecule has 1 spiro atoms. The molecule has 72 valence electrons. The molecule has 0 aromatic heterocycles. The van der Waals surface area contributed by atoms with Crippen molar-refractivity contribution in [2.45, 2.75) is 38.2 Å². The van der Waals surface area contributed by atoms with Crippen LogP contribution in [0.2, 0.25) is 0 Å². The molecule has 0 aromatic rings. The first-order valence-corrected chi connectivity index (χ1v) is 5.45. The summed E-state index contributed by atoms with van der Waals surface area (Å²) in [6, 6.07) is 0. The van der Waals surface area contributed by atoms with Crippen molar-refractivity contribution in [1.82, 2.24) is 0 Å². The zero-order valence-electron chi connectivity index (χ0n) is 7.87. The molecule has 3 atom stereocenters. The van der Waals surface area contributed by atoms with Crippen LogP contribution in [0.3, 0.4) is 0 Å². The van der Waals surface area contributed by atoms with E-state index in [0.29, 0.717) is 23.4 Å². The second kappa shape index (κ2) is 2.57. The van der Waals surface area contributed by atoms with Gasteiger partial charge >= 0.3 is 0 Å². The molecule has 0 bridgehead atoms. The quantitative estimate of drug-likeness (QED) is 0.575. The number of hydrogen-bond donors (Lipinski definition) is 0. The third-order valence-corrected chi connectivity index (χ3v) is 4.49. The summed E-state index contributed by atoms with van der Waals surface area (Å²) in [5.41, 5.74) is 0.312. The molecule has 0 N–H and O–H groups in total. The maximum Gasteiger partial charge on any atom is 0.124 e. The molecule has 13 heavy (non-hydrogen) atoms. The first kappa shape index (κ1) is 7.98. The van der Waals surface area contributed by atoms with Gasteiger partial charge in [0.25, 0.3) is 0 Å². The first-order chi connectivity index (χ1) is 6.38. The summed E-state index contributed by atoms with van der Waals surface area (Å²) in [6.45, 7) is 0.925. The van der Waals surface area contributed by atoms with Gasteiger partial charge in [-0.1, -0.05) is 6.42 Å². The van der Waals surface area contributed by atoms with Crippen LogP contribution in [0, 0.1) is 17.3 Å². The van der Waals surface area contributed by atoms with E-state index in [1.54, 1.807) is 0 Å². The molecular weight excluding hydrogens is 164 g/mol. The van der Waals surface area contributed by atoms with E-state index in [0.717, 1.165) is 13.0 Å². The van der Waals surface area contributed by atoms with Gasteiger partial charge in [-0.3, -0.25) is 0 Å². The zero-order valence-corrected chi connectivity index (χ0v) is 7.87. The second-order valence-corrected chi connectivity index (χ2v) is 4.85. The standard InChI is InChI=1S/C11H16O2/c12-7-9-8-3-1-6-13-10(8)11(9)4-2-5-11/h7-10H,1-6H2/t8-,9+,10+/m0/s1. The second-order valence-electron chi connectivity index (χ2n) is 4.85. The normalized spacial score (nSPS) is 46.0. The summed E-state index contributed by atoms with van der Waals surface area (Å²) in [6.07, 6.45) is 7.79. The molecule has 1 saturated heterocycles. The van der Waals surface area contributed by atoms with Crippen LogP contribution in [0.25, 0.3) is 0 Å². The van der Waals surface area contributed by atoms with E-state index >= 15 is 0 Å². The average Bonchev–Trinajstić information content (AvgIpc) is 2.05. The highest BCUT2D eigenvalue weighted by molar-refractivity contribution is 5.59. The van der Waals surface area contributed by atoms with E-state index in [-0.39, 0.29) is 0 Å². The minimum atomic E-state index is 0.312. The molecule has 3 rings (SSSR count). The topological polar surface area (TPSA) is 26.3 Å². The highest BCUT2D eigenvalue weighted by Crippen LogP contribution is 2.65. The SMILES string of the molecule is O=C[C@@H]1[C@@H]2CCCO[C@H]2C12CCC2. The van der Waals surface area contributed by atoms with Crippen LogP contribution in [-0.2, 0) is 9.53 Å². The summed E-state index contributed by atoms with van der Waals surface area (Å²) in [7, 11) is 0. The summed E-state index contributed by atoms with van der Waals surface area (Å²) in [5, 5.41) is 0. The predicted molar refractivity (Wildman–Crippen MR) is 48.3 cm³/mol. The lowest BCUT2D eigenvalue weighted by molar-refractivity contribution is -0.249. The van der Waals surface area contributed by atoms with Crippen molar-refractivity contribution in [3.05, 3.63) is 0 Å². The number of aldehydes is 1. The Balaban J connectivity index is 1.83. The Morgan fingerprint density at radius 2 is 2.15 bits per heavy atom. The molecule has 0 aromatic carbocycles. The van der Waals surface area contributed by atoms with Crippen molar-refractivity contribution in [1.29, 1.82) is 0 Å². The Morgan fingerprint density at radius 1 is 1.31 bits per heavy atom. The van der Waals surface area contributed by atoms with Crippen LogP contribution in [0.4, 0.5) is 0 Å². The van der Waals surface area contributed by atoms with Gasteiger partial charge in [-0.25, -0.2) is 0 Å². The molecule has 0 amide bonds. The van der Waals surface area contributed by atoms with E-state index < -0.39 is 0 Å². The Kier molecular flexibility index (Phi) is 1.58. The lowest BCUT2D eigenvalue weighted by Crippen LogP contribution is -2.66. The largest absolute Gasteiger partial charge is 0.377 e. The van der Waals surface area contributed by atoms with E-state index in [2.05, 4.69) is 0 Å². The lowest BCUT2D eigenvalue weighted by atomic mass is 9.42. The summed E-state index contributed by atoms with van der Waals surface area (Å²) in [4.78, 5) is 11.0. The van der Waals surface area contributed by atoms with Crippen LogP contribution in [-0.4, -0.2) is 19.0 Å². The molecule has 1 aliphatic heterocycles. The Hall–Kier alpha value is -0.370. The smallest absolute Gasteiger partial charge is 0.124 e. The van der Waals surface area contributed by atoms with Gasteiger partial charge in [0.05, 0.1) is 6.10 Å². The lowest BCUT2D eigenvalue weighted by Gasteiger charge is -2.65. The number of hydrogen-bond acceptors (Lipinski definition) is 2. The average molecular weight is 180 g/mol. The summed E-state index contributed by atoms with van der Waals surface area (Å²) < 4.78 is 5.81. The van der Waals surface area contributed by atoms with Crippen LogP contribution < -0.4 is 0 Å². The summed E-state index contributed by atoms with van der Waals surface area (Å²) in [5.74, 6) is 0.915. The third kappa shape index (κ3) is 0.804. The van der Waals surface area contributed by atoms with Gasteiger partial charge in [-0.2, -0.15) is 0 Å². The highest BCUT2D eigenvalue weighted by atomic mass is 16.5. The zero-order chi connectivity index (χ0) is 8.89. The van der Waals surface area contributed by atoms with E-state index in [1.807, 2.05) is 0 Å². The molecule has 2 nitrogen and oxygen atoms in total. The number of fused-ring (bicyclic) bond motifs is 2. The molecule has 0 unspecified atom stereocenters. The van der Waals surface area contributed by atoms with Gasteiger partial charge < -0.3 is 9.53 Å². The van der Waals surface area contributed by atoms with Crippen molar-refractivity contribution in [3.8, 4) is 0 Å². The van der Waals surface area contributed by atoms with Gasteiger partial charge in [0.2, 0.25) is 0 Å². The molecular formula is C11H16O2. The van der Waals surface area contributed by atoms with Gasteiger partial charge in [0, 0.05) is 17.9 Å². The van der Waals surface area contributed by atoms with Crippen LogP contribution in [0.15, 0.2) is 0 Å². The van der Waals surface area contributed by atoms with Crippen molar-refractivity contribution in [3.63, 3.8) is 0 Å². The minimum absolute atomic E-state index is 0.312. The molecule has 2 saturated carbocycles. The number of ether oxygens (including phenoxy) is 1. The Morgan fingerprint density at radius 3 is 2.77 bits per heavy atom. The Labute approximate surface area is 78.6 Å². The van der Waals surface area contributed by atoms with Crippen LogP contribution in [0.5, 0.6) is 0 Å². The minimum Gasteiger partial charge on any atom is -0.377 e. The van der Waals surface area contributed by atoms with E-state index in [1.165, 1.54) is 32.0 Å². The van der Waals surface area contributed by atoms with E-state index in [4.69, 9.17) is 4.74 Å². The number of carbonyl (C=O) groups is 1. The van der Waals surface area contributed by atoms with Gasteiger partial charge in [0.15, 0.2) is 0 Å². The fraction of sp³-hybridized carbons (Fsp3) is 0.909. The van der Waals surface area contributed by atoms with Gasteiger partial charge in [-0.15, -0.1) is 0 Å². The molecule has 2 aliphatic carbocycles. The predicted octanol–water partition coefficient (Wildman–Crippen LogP) is 1.78. The molecule has 3 aliphatic rings. The maximum absolute atomic E-state index is 11.0. The van der Waals surface area contributed by atoms with Crippen LogP contribution >= 0.6 is 0 Å². The van der Waals surface area contributed by atoms with Crippen molar-refractivity contribution in [2.24, 2.45) is 17.3 Å². The Bertz CT molecular complexity index is 232. The molecule has 2 heteroatoms. The molecule has 0 radical (unpaired) electrons. The number of carbonyl (C=O) groups excluding carboxylic acids is 1. The van der Waals surface area contributed by atoms with Gasteiger partial charge in [0.1, 0.15) is 6.29 Å². The first-order valence-electron chi connectivity index (χ1n) is 5.45. The third-order valence-electron chi connectivity index (χ3n) is 4.49. The van der Waals surface area contributed by atoms with Crippen molar-refractivity contribution in [2.75, 3.05) is 6.61 Å². The van der Waals surface area contributed by atoms with Crippen molar-refractivity contribution >= 4 is 6.29 Å². The van der Waals surface area contributed by atoms with Crippen molar-refractivity contribution < 1.29 is 9.53 Å². The molecule has 1 heterocycles. The van der Waals surface area contributed by atoms with Crippen LogP contribution in [0.1, 0.15) is 32.1 Å². The maximum atomic E-state index is 11.0. The van der Waals surface area contributed by atoms with Gasteiger partial charge in [-0.05, 0) is 31.6 Å². The number of rotatable bonds is 1. The summed E-state index contributed by atoms with van der Waals surface area (Å²) >= 11 is 0. The molecule has 3 fully saturated rings. The monoisotopic (exact) mass is 180 g/mol. The van der Waals surface area contributed by atoms with E-state index in [9.17, 15) is 4.79 Å². The highest BCUT2D eigenvalue weighted by Gasteiger charge is 2.65.